The molecule has 0 saturated heterocycles. The Bertz CT molecular complexity index is 621. The number of nitrogens with one attached hydrogen (secondary N) is 1. The summed E-state index contributed by atoms with van der Waals surface area (Å²) in [6.07, 6.45) is -4.74. The van der Waals surface area contributed by atoms with Gasteiger partial charge in [0.15, 0.2) is 0 Å². The highest BCUT2D eigenvalue weighted by atomic mass is 35.5. The molecule has 0 heterocycles. The topological polar surface area (TPSA) is 52.7 Å². The summed E-state index contributed by atoms with van der Waals surface area (Å²) in [5, 5.41) is 2.17. The van der Waals surface area contributed by atoms with Gasteiger partial charge in [0.2, 0.25) is 11.8 Å². The number of hydrogen-bond acceptors (Lipinski definition) is 3. The maximum atomic E-state index is 13.0. The summed E-state index contributed by atoms with van der Waals surface area (Å²) < 4.78 is 39.0. The molecule has 5 nitrogen and oxygen atoms in total. The van der Waals surface area contributed by atoms with Crippen LogP contribution in [0.3, 0.4) is 0 Å². The van der Waals surface area contributed by atoms with Crippen molar-refractivity contribution in [1.29, 1.82) is 0 Å². The first-order valence-corrected chi connectivity index (χ1v) is 7.95. The van der Waals surface area contributed by atoms with E-state index in [2.05, 4.69) is 5.32 Å². The zero-order chi connectivity index (χ0) is 19.2. The molecule has 1 aromatic rings. The van der Waals surface area contributed by atoms with Crippen LogP contribution in [0.2, 0.25) is 5.02 Å². The van der Waals surface area contributed by atoms with E-state index in [1.54, 1.807) is 0 Å². The number of halogens is 4. The molecule has 0 spiro atoms. The number of nitrogens with zero attached hydrogens (tertiary/aromatic N) is 2. The summed E-state index contributed by atoms with van der Waals surface area (Å²) in [6, 6.07) is 3.14. The molecule has 0 fully saturated rings. The minimum atomic E-state index is -4.63. The monoisotopic (exact) mass is 379 g/mol. The van der Waals surface area contributed by atoms with Crippen LogP contribution in [0, 0.1) is 0 Å². The fraction of sp³-hybridized carbons (Fsp3) is 0.500. The number of carbonyl (C=O) groups is 2. The summed E-state index contributed by atoms with van der Waals surface area (Å²) in [6.45, 7) is 2.57. The first kappa shape index (κ1) is 21.2. The van der Waals surface area contributed by atoms with Gasteiger partial charge in [-0.2, -0.15) is 13.2 Å². The van der Waals surface area contributed by atoms with Crippen LogP contribution >= 0.6 is 11.6 Å². The summed E-state index contributed by atoms with van der Waals surface area (Å²) >= 11 is 5.60. The molecular formula is C16H21ClF3N3O2. The molecule has 9 heteroatoms. The molecule has 25 heavy (non-hydrogen) atoms. The Balaban J connectivity index is 2.72. The largest absolute Gasteiger partial charge is 0.418 e. The smallest absolute Gasteiger partial charge is 0.341 e. The normalized spacial score (nSPS) is 11.5. The van der Waals surface area contributed by atoms with Crippen molar-refractivity contribution >= 4 is 29.1 Å². The summed E-state index contributed by atoms with van der Waals surface area (Å²) in [7, 11) is 3.70. The van der Waals surface area contributed by atoms with Gasteiger partial charge in [-0.05, 0) is 32.3 Å². The van der Waals surface area contributed by atoms with Crippen molar-refractivity contribution < 1.29 is 22.8 Å². The van der Waals surface area contributed by atoms with E-state index in [1.165, 1.54) is 17.9 Å². The highest BCUT2D eigenvalue weighted by Gasteiger charge is 2.34. The van der Waals surface area contributed by atoms with Crippen molar-refractivity contribution in [3.63, 3.8) is 0 Å². The van der Waals surface area contributed by atoms with E-state index in [0.29, 0.717) is 13.1 Å². The first-order valence-electron chi connectivity index (χ1n) is 7.57. The molecule has 0 bridgehead atoms. The average molecular weight is 380 g/mol. The lowest BCUT2D eigenvalue weighted by molar-refractivity contribution is -0.137. The number of hydrogen-bond donors (Lipinski definition) is 1. The minimum absolute atomic E-state index is 0.0724. The third kappa shape index (κ3) is 7.31. The number of carbonyl (C=O) groups excluding carboxylic acids is 2. The van der Waals surface area contributed by atoms with Crippen LogP contribution in [0.5, 0.6) is 0 Å². The molecule has 1 N–H and O–H groups in total. The SMILES string of the molecule is CC(=O)N(CCC(=O)Nc1ccc(Cl)cc1C(F)(F)F)CCN(C)C. The van der Waals surface area contributed by atoms with Crippen LogP contribution in [-0.2, 0) is 15.8 Å². The molecule has 2 amide bonds. The quantitative estimate of drug-likeness (QED) is 0.792. The van der Waals surface area contributed by atoms with Crippen molar-refractivity contribution in [2.24, 2.45) is 0 Å². The Kier molecular flexibility index (Phi) is 7.69. The number of benzene rings is 1. The second-order valence-electron chi connectivity index (χ2n) is 5.80. The molecule has 1 aromatic carbocycles. The van der Waals surface area contributed by atoms with Gasteiger partial charge in [-0.15, -0.1) is 0 Å². The molecule has 0 aliphatic carbocycles. The van der Waals surface area contributed by atoms with Crippen LogP contribution in [-0.4, -0.2) is 55.3 Å². The Labute approximate surface area is 149 Å². The number of rotatable bonds is 7. The molecule has 0 aliphatic rings. The van der Waals surface area contributed by atoms with Crippen molar-refractivity contribution in [3.8, 4) is 0 Å². The average Bonchev–Trinajstić information content (AvgIpc) is 2.47. The Morgan fingerprint density at radius 1 is 1.16 bits per heavy atom. The maximum Gasteiger partial charge on any atom is 0.418 e. The van der Waals surface area contributed by atoms with E-state index < -0.39 is 17.6 Å². The van der Waals surface area contributed by atoms with E-state index in [0.717, 1.165) is 12.1 Å². The van der Waals surface area contributed by atoms with Crippen LogP contribution < -0.4 is 5.32 Å². The fourth-order valence-electron chi connectivity index (χ4n) is 2.06. The van der Waals surface area contributed by atoms with Gasteiger partial charge in [-0.1, -0.05) is 11.6 Å². The molecule has 0 atom stereocenters. The van der Waals surface area contributed by atoms with Crippen molar-refractivity contribution in [2.75, 3.05) is 39.0 Å². The number of alkyl halides is 3. The predicted molar refractivity (Wildman–Crippen MR) is 90.5 cm³/mol. The minimum Gasteiger partial charge on any atom is -0.341 e. The van der Waals surface area contributed by atoms with Gasteiger partial charge in [-0.3, -0.25) is 9.59 Å². The van der Waals surface area contributed by atoms with Gasteiger partial charge in [0, 0.05) is 38.0 Å². The second kappa shape index (κ2) is 9.05. The molecule has 0 aliphatic heterocycles. The summed E-state index contributed by atoms with van der Waals surface area (Å²) in [5.74, 6) is -0.805. The Morgan fingerprint density at radius 3 is 2.32 bits per heavy atom. The lowest BCUT2D eigenvalue weighted by atomic mass is 10.1. The number of likely N-dealkylation sites (N-methyl/N-ethyl adjacent to an activating group) is 1. The van der Waals surface area contributed by atoms with E-state index in [1.807, 2.05) is 19.0 Å². The molecule has 0 unspecified atom stereocenters. The van der Waals surface area contributed by atoms with Gasteiger partial charge >= 0.3 is 6.18 Å². The summed E-state index contributed by atoms with van der Waals surface area (Å²) in [5.41, 5.74) is -1.37. The van der Waals surface area contributed by atoms with Crippen LogP contribution in [0.4, 0.5) is 18.9 Å². The summed E-state index contributed by atoms with van der Waals surface area (Å²) in [4.78, 5) is 26.9. The zero-order valence-electron chi connectivity index (χ0n) is 14.3. The number of amides is 2. The lowest BCUT2D eigenvalue weighted by Crippen LogP contribution is -2.37. The van der Waals surface area contributed by atoms with E-state index >= 15 is 0 Å². The highest BCUT2D eigenvalue weighted by Crippen LogP contribution is 2.36. The Morgan fingerprint density at radius 2 is 1.80 bits per heavy atom. The van der Waals surface area contributed by atoms with Gasteiger partial charge in [0.1, 0.15) is 0 Å². The molecule has 140 valence electrons. The van der Waals surface area contributed by atoms with Gasteiger partial charge < -0.3 is 15.1 Å². The van der Waals surface area contributed by atoms with E-state index in [-0.39, 0.29) is 29.6 Å². The highest BCUT2D eigenvalue weighted by molar-refractivity contribution is 6.30. The molecule has 1 rings (SSSR count). The third-order valence-corrected chi connectivity index (χ3v) is 3.67. The zero-order valence-corrected chi connectivity index (χ0v) is 15.0. The molecular weight excluding hydrogens is 359 g/mol. The predicted octanol–water partition coefficient (Wildman–Crippen LogP) is 3.10. The first-order chi connectivity index (χ1) is 11.5. The Hall–Kier alpha value is -1.80. The van der Waals surface area contributed by atoms with Crippen molar-refractivity contribution in [2.45, 2.75) is 19.5 Å². The third-order valence-electron chi connectivity index (χ3n) is 3.43. The van der Waals surface area contributed by atoms with Crippen molar-refractivity contribution in [3.05, 3.63) is 28.8 Å². The molecule has 0 radical (unpaired) electrons. The van der Waals surface area contributed by atoms with Gasteiger partial charge in [0.05, 0.1) is 11.3 Å². The standard InChI is InChI=1S/C16H21ClF3N3O2/c1-11(24)23(9-8-22(2)3)7-6-15(25)21-14-5-4-12(17)10-13(14)16(18,19)20/h4-5,10H,6-9H2,1-3H3,(H,21,25). The second-order valence-corrected chi connectivity index (χ2v) is 6.23. The van der Waals surface area contributed by atoms with Gasteiger partial charge in [0.25, 0.3) is 0 Å². The lowest BCUT2D eigenvalue weighted by Gasteiger charge is -2.23. The van der Waals surface area contributed by atoms with Crippen molar-refractivity contribution in [1.82, 2.24) is 9.80 Å². The van der Waals surface area contributed by atoms with E-state index in [9.17, 15) is 22.8 Å². The molecule has 0 aromatic heterocycles. The maximum absolute atomic E-state index is 13.0. The van der Waals surface area contributed by atoms with Gasteiger partial charge in [-0.25, -0.2) is 0 Å². The van der Waals surface area contributed by atoms with Crippen LogP contribution in [0.15, 0.2) is 18.2 Å². The number of anilines is 1. The molecule has 0 saturated carbocycles. The van der Waals surface area contributed by atoms with Crippen LogP contribution in [0.1, 0.15) is 18.9 Å². The fourth-order valence-corrected chi connectivity index (χ4v) is 2.23. The van der Waals surface area contributed by atoms with E-state index in [4.69, 9.17) is 11.6 Å². The van der Waals surface area contributed by atoms with Crippen LogP contribution in [0.25, 0.3) is 0 Å².